The van der Waals surface area contributed by atoms with Crippen molar-refractivity contribution in [1.29, 1.82) is 0 Å². The van der Waals surface area contributed by atoms with Gasteiger partial charge >= 0.3 is 11.7 Å². The molecular weight excluding hydrogens is 236 g/mol. The van der Waals surface area contributed by atoms with Crippen molar-refractivity contribution in [3.8, 4) is 0 Å². The third-order valence-corrected chi connectivity index (χ3v) is 3.36. The number of oxazole rings is 1. The van der Waals surface area contributed by atoms with Crippen molar-refractivity contribution in [2.24, 2.45) is 5.41 Å². The Hall–Kier alpha value is -2.24. The number of rotatable bonds is 4. The van der Waals surface area contributed by atoms with Crippen LogP contribution in [0.1, 0.15) is 12.8 Å². The molecule has 1 aromatic carbocycles. The average Bonchev–Trinajstić information content (AvgIpc) is 3.03. The van der Waals surface area contributed by atoms with E-state index in [2.05, 4.69) is 10.3 Å². The molecular formula is C12H12N2O4. The number of H-pyrrole nitrogens is 1. The van der Waals surface area contributed by atoms with Crippen LogP contribution in [0.25, 0.3) is 11.1 Å². The summed E-state index contributed by atoms with van der Waals surface area (Å²) in [4.78, 5) is 24.6. The predicted octanol–water partition coefficient (Wildman–Crippen LogP) is 1.40. The van der Waals surface area contributed by atoms with Gasteiger partial charge in [-0.15, -0.1) is 0 Å². The molecule has 0 atom stereocenters. The van der Waals surface area contributed by atoms with Crippen molar-refractivity contribution in [2.75, 3.05) is 11.9 Å². The Bertz CT molecular complexity index is 666. The molecule has 18 heavy (non-hydrogen) atoms. The Morgan fingerprint density at radius 2 is 2.28 bits per heavy atom. The number of anilines is 1. The number of aromatic nitrogens is 1. The molecule has 0 unspecified atom stereocenters. The van der Waals surface area contributed by atoms with E-state index < -0.39 is 17.1 Å². The third kappa shape index (κ3) is 1.75. The number of fused-ring (bicyclic) bond motifs is 1. The zero-order valence-electron chi connectivity index (χ0n) is 9.53. The first-order valence-electron chi connectivity index (χ1n) is 5.69. The van der Waals surface area contributed by atoms with Crippen LogP contribution in [0.15, 0.2) is 27.4 Å². The fourth-order valence-corrected chi connectivity index (χ4v) is 1.95. The van der Waals surface area contributed by atoms with Gasteiger partial charge in [-0.3, -0.25) is 9.78 Å². The Labute approximate surface area is 102 Å². The SMILES string of the molecule is O=C(O)C1(CNc2ccc3oc(=O)[nH]c3c2)CC1. The maximum Gasteiger partial charge on any atom is 0.417 e. The number of nitrogens with one attached hydrogen (secondary N) is 2. The van der Waals surface area contributed by atoms with Crippen molar-refractivity contribution in [3.63, 3.8) is 0 Å². The fraction of sp³-hybridized carbons (Fsp3) is 0.333. The number of aromatic amines is 1. The Morgan fingerprint density at radius 3 is 2.94 bits per heavy atom. The molecule has 1 aliphatic rings. The number of carboxylic acid groups (broad SMARTS) is 1. The summed E-state index contributed by atoms with van der Waals surface area (Å²) in [6.45, 7) is 0.399. The summed E-state index contributed by atoms with van der Waals surface area (Å²) < 4.78 is 4.89. The first-order chi connectivity index (χ1) is 8.59. The summed E-state index contributed by atoms with van der Waals surface area (Å²) >= 11 is 0. The van der Waals surface area contributed by atoms with E-state index >= 15 is 0 Å². The van der Waals surface area contributed by atoms with E-state index in [1.807, 2.05) is 0 Å². The van der Waals surface area contributed by atoms with Gasteiger partial charge in [0.2, 0.25) is 0 Å². The molecule has 6 heteroatoms. The number of hydrogen-bond acceptors (Lipinski definition) is 4. The topological polar surface area (TPSA) is 95.3 Å². The van der Waals surface area contributed by atoms with Crippen LogP contribution in [-0.2, 0) is 4.79 Å². The van der Waals surface area contributed by atoms with Crippen molar-refractivity contribution < 1.29 is 14.3 Å². The first-order valence-corrected chi connectivity index (χ1v) is 5.69. The number of carboxylic acids is 1. The molecule has 3 rings (SSSR count). The van der Waals surface area contributed by atoms with Crippen LogP contribution < -0.4 is 11.1 Å². The van der Waals surface area contributed by atoms with Gasteiger partial charge in [0.15, 0.2) is 5.58 Å². The molecule has 0 bridgehead atoms. The zero-order valence-corrected chi connectivity index (χ0v) is 9.53. The lowest BCUT2D eigenvalue weighted by molar-refractivity contribution is -0.142. The smallest absolute Gasteiger partial charge is 0.417 e. The Balaban J connectivity index is 1.79. The molecule has 0 amide bonds. The first kappa shape index (κ1) is 10.9. The van der Waals surface area contributed by atoms with Crippen LogP contribution >= 0.6 is 0 Å². The zero-order chi connectivity index (χ0) is 12.8. The van der Waals surface area contributed by atoms with Crippen LogP contribution in [0.3, 0.4) is 0 Å². The highest BCUT2D eigenvalue weighted by atomic mass is 16.4. The predicted molar refractivity (Wildman–Crippen MR) is 64.6 cm³/mol. The lowest BCUT2D eigenvalue weighted by Gasteiger charge is -2.11. The minimum absolute atomic E-state index is 0.399. The molecule has 1 heterocycles. The minimum atomic E-state index is -0.757. The van der Waals surface area contributed by atoms with E-state index in [0.29, 0.717) is 30.5 Å². The van der Waals surface area contributed by atoms with Crippen LogP contribution in [0, 0.1) is 5.41 Å². The van der Waals surface area contributed by atoms with Crippen molar-refractivity contribution in [3.05, 3.63) is 28.7 Å². The molecule has 3 N–H and O–H groups in total. The second-order valence-corrected chi connectivity index (χ2v) is 4.66. The summed E-state index contributed by atoms with van der Waals surface area (Å²) in [6.07, 6.45) is 1.42. The molecule has 6 nitrogen and oxygen atoms in total. The molecule has 94 valence electrons. The van der Waals surface area contributed by atoms with Crippen LogP contribution in [0.5, 0.6) is 0 Å². The van der Waals surface area contributed by atoms with Gasteiger partial charge in [0, 0.05) is 12.2 Å². The van der Waals surface area contributed by atoms with Crippen molar-refractivity contribution in [1.82, 2.24) is 4.98 Å². The minimum Gasteiger partial charge on any atom is -0.481 e. The number of benzene rings is 1. The maximum absolute atomic E-state index is 11.0. The lowest BCUT2D eigenvalue weighted by Crippen LogP contribution is -2.24. The highest BCUT2D eigenvalue weighted by Crippen LogP contribution is 2.45. The van der Waals surface area contributed by atoms with E-state index in [9.17, 15) is 9.59 Å². The van der Waals surface area contributed by atoms with Crippen LogP contribution in [0.2, 0.25) is 0 Å². The summed E-state index contributed by atoms with van der Waals surface area (Å²) in [5.74, 6) is -1.25. The third-order valence-electron chi connectivity index (χ3n) is 3.36. The van der Waals surface area contributed by atoms with E-state index in [1.165, 1.54) is 0 Å². The van der Waals surface area contributed by atoms with Gasteiger partial charge in [0.25, 0.3) is 0 Å². The molecule has 1 fully saturated rings. The average molecular weight is 248 g/mol. The van der Waals surface area contributed by atoms with Gasteiger partial charge in [-0.2, -0.15) is 0 Å². The number of aliphatic carboxylic acids is 1. The second kappa shape index (κ2) is 3.63. The van der Waals surface area contributed by atoms with Crippen molar-refractivity contribution in [2.45, 2.75) is 12.8 Å². The van der Waals surface area contributed by atoms with Gasteiger partial charge in [-0.1, -0.05) is 0 Å². The fourth-order valence-electron chi connectivity index (χ4n) is 1.95. The van der Waals surface area contributed by atoms with Gasteiger partial charge in [-0.05, 0) is 31.0 Å². The molecule has 1 aromatic heterocycles. The Morgan fingerprint density at radius 1 is 1.50 bits per heavy atom. The summed E-state index contributed by atoms with van der Waals surface area (Å²) in [6, 6.07) is 5.17. The molecule has 0 aliphatic heterocycles. The molecule has 0 radical (unpaired) electrons. The van der Waals surface area contributed by atoms with E-state index in [-0.39, 0.29) is 0 Å². The highest BCUT2D eigenvalue weighted by Gasteiger charge is 2.49. The molecule has 0 spiro atoms. The molecule has 1 aliphatic carbocycles. The van der Waals surface area contributed by atoms with Gasteiger partial charge in [-0.25, -0.2) is 4.79 Å². The monoisotopic (exact) mass is 248 g/mol. The van der Waals surface area contributed by atoms with Gasteiger partial charge in [0.1, 0.15) is 0 Å². The quantitative estimate of drug-likeness (QED) is 0.760. The lowest BCUT2D eigenvalue weighted by atomic mass is 10.1. The second-order valence-electron chi connectivity index (χ2n) is 4.66. The molecule has 1 saturated carbocycles. The molecule has 2 aromatic rings. The van der Waals surface area contributed by atoms with Crippen LogP contribution in [0.4, 0.5) is 5.69 Å². The standard InChI is InChI=1S/C12H12N2O4/c15-10(16)12(3-4-12)6-13-7-1-2-9-8(5-7)14-11(17)18-9/h1-2,5,13H,3-4,6H2,(H,14,17)(H,15,16). The maximum atomic E-state index is 11.0. The number of hydrogen-bond donors (Lipinski definition) is 3. The van der Waals surface area contributed by atoms with Crippen LogP contribution in [-0.4, -0.2) is 22.6 Å². The molecule has 0 saturated heterocycles. The van der Waals surface area contributed by atoms with Gasteiger partial charge in [0.05, 0.1) is 10.9 Å². The van der Waals surface area contributed by atoms with Crippen molar-refractivity contribution >= 4 is 22.8 Å². The number of carbonyl (C=O) groups is 1. The van der Waals surface area contributed by atoms with E-state index in [1.54, 1.807) is 18.2 Å². The summed E-state index contributed by atoms with van der Waals surface area (Å²) in [5, 5.41) is 12.1. The normalized spacial score (nSPS) is 16.7. The van der Waals surface area contributed by atoms with Gasteiger partial charge < -0.3 is 14.8 Å². The van der Waals surface area contributed by atoms with E-state index in [4.69, 9.17) is 9.52 Å². The largest absolute Gasteiger partial charge is 0.481 e. The Kier molecular flexibility index (Phi) is 2.19. The summed E-state index contributed by atoms with van der Waals surface area (Å²) in [5.41, 5.74) is 1.25. The summed E-state index contributed by atoms with van der Waals surface area (Å²) in [7, 11) is 0. The van der Waals surface area contributed by atoms with E-state index in [0.717, 1.165) is 5.69 Å². The highest BCUT2D eigenvalue weighted by molar-refractivity contribution is 5.80.